The van der Waals surface area contributed by atoms with Crippen LogP contribution in [0, 0.1) is 13.8 Å². The lowest BCUT2D eigenvalue weighted by atomic mass is 10.1. The second kappa shape index (κ2) is 7.65. The summed E-state index contributed by atoms with van der Waals surface area (Å²) in [5.41, 5.74) is 2.54. The predicted octanol–water partition coefficient (Wildman–Crippen LogP) is 2.76. The smallest absolute Gasteiger partial charge is 0.119 e. The molecule has 0 aromatic heterocycles. The molecule has 0 amide bonds. The third-order valence-electron chi connectivity index (χ3n) is 4.00. The van der Waals surface area contributed by atoms with Crippen molar-refractivity contribution in [3.8, 4) is 5.75 Å². The van der Waals surface area contributed by atoms with E-state index in [1.165, 1.54) is 37.1 Å². The minimum atomic E-state index is 0.670. The van der Waals surface area contributed by atoms with Gasteiger partial charge in [0.1, 0.15) is 5.75 Å². The number of aryl methyl sites for hydroxylation is 2. The van der Waals surface area contributed by atoms with Gasteiger partial charge in [-0.3, -0.25) is 0 Å². The van der Waals surface area contributed by atoms with E-state index < -0.39 is 0 Å². The molecule has 1 aliphatic heterocycles. The second-order valence-corrected chi connectivity index (χ2v) is 5.95. The maximum atomic E-state index is 5.87. The number of likely N-dealkylation sites (N-methyl/N-ethyl adjacent to an activating group) is 1. The van der Waals surface area contributed by atoms with Crippen LogP contribution >= 0.6 is 0 Å². The van der Waals surface area contributed by atoms with E-state index in [0.717, 1.165) is 25.3 Å². The summed E-state index contributed by atoms with van der Waals surface area (Å²) in [4.78, 5) is 2.55. The molecule has 3 nitrogen and oxygen atoms in total. The Balaban J connectivity index is 1.68. The first kappa shape index (κ1) is 15.3. The maximum absolute atomic E-state index is 5.87. The number of ether oxygens (including phenoxy) is 1. The molecular weight excluding hydrogens is 248 g/mol. The number of piperidine rings is 1. The molecule has 0 radical (unpaired) electrons. The zero-order chi connectivity index (χ0) is 14.4. The van der Waals surface area contributed by atoms with Crippen LogP contribution in [0.3, 0.4) is 0 Å². The van der Waals surface area contributed by atoms with Gasteiger partial charge in [-0.25, -0.2) is 0 Å². The Bertz CT molecular complexity index is 399. The summed E-state index contributed by atoms with van der Waals surface area (Å²) in [6, 6.07) is 7.08. The quantitative estimate of drug-likeness (QED) is 0.809. The Morgan fingerprint density at radius 1 is 1.25 bits per heavy atom. The molecule has 1 heterocycles. The van der Waals surface area contributed by atoms with Crippen LogP contribution in [-0.2, 0) is 0 Å². The normalized spacial score (nSPS) is 20.1. The zero-order valence-corrected chi connectivity index (χ0v) is 13.1. The molecule has 1 aromatic carbocycles. The van der Waals surface area contributed by atoms with Crippen molar-refractivity contribution in [2.75, 3.05) is 33.3 Å². The molecule has 0 aliphatic carbocycles. The highest BCUT2D eigenvalue weighted by Crippen LogP contribution is 2.16. The van der Waals surface area contributed by atoms with Crippen molar-refractivity contribution in [1.82, 2.24) is 10.2 Å². The minimum Gasteiger partial charge on any atom is -0.494 e. The lowest BCUT2D eigenvalue weighted by molar-refractivity contribution is 0.179. The van der Waals surface area contributed by atoms with Crippen LogP contribution in [0.1, 0.15) is 30.4 Å². The molecule has 0 bridgehead atoms. The maximum Gasteiger partial charge on any atom is 0.119 e. The number of rotatable bonds is 6. The average Bonchev–Trinajstić information content (AvgIpc) is 2.43. The van der Waals surface area contributed by atoms with Gasteiger partial charge in [0.05, 0.1) is 6.61 Å². The van der Waals surface area contributed by atoms with Gasteiger partial charge >= 0.3 is 0 Å². The molecule has 1 fully saturated rings. The highest BCUT2D eigenvalue weighted by atomic mass is 16.5. The summed E-state index contributed by atoms with van der Waals surface area (Å²) in [7, 11) is 2.07. The minimum absolute atomic E-state index is 0.670. The molecule has 1 aromatic rings. The van der Waals surface area contributed by atoms with Gasteiger partial charge in [-0.05, 0) is 70.0 Å². The first-order chi connectivity index (χ1) is 9.67. The third-order valence-corrected chi connectivity index (χ3v) is 4.00. The van der Waals surface area contributed by atoms with Crippen LogP contribution in [0.15, 0.2) is 18.2 Å². The van der Waals surface area contributed by atoms with E-state index in [4.69, 9.17) is 4.74 Å². The second-order valence-electron chi connectivity index (χ2n) is 5.95. The van der Waals surface area contributed by atoms with E-state index in [0.29, 0.717) is 6.04 Å². The molecule has 0 spiro atoms. The molecule has 1 N–H and O–H groups in total. The van der Waals surface area contributed by atoms with Crippen LogP contribution in [0.5, 0.6) is 5.75 Å². The van der Waals surface area contributed by atoms with Crippen molar-refractivity contribution in [2.24, 2.45) is 0 Å². The van der Waals surface area contributed by atoms with Crippen LogP contribution in [0.25, 0.3) is 0 Å². The number of nitrogens with zero attached hydrogens (tertiary/aromatic N) is 1. The first-order valence-electron chi connectivity index (χ1n) is 7.78. The van der Waals surface area contributed by atoms with Crippen molar-refractivity contribution >= 4 is 0 Å². The third kappa shape index (κ3) is 4.80. The average molecular weight is 276 g/mol. The Labute approximate surface area is 123 Å². The number of benzene rings is 1. The van der Waals surface area contributed by atoms with Crippen molar-refractivity contribution in [3.05, 3.63) is 29.3 Å². The molecule has 1 atom stereocenters. The predicted molar refractivity (Wildman–Crippen MR) is 84.5 cm³/mol. The van der Waals surface area contributed by atoms with Crippen LogP contribution in [0.2, 0.25) is 0 Å². The molecular formula is C17H28N2O. The van der Waals surface area contributed by atoms with Crippen LogP contribution in [0.4, 0.5) is 0 Å². The summed E-state index contributed by atoms with van der Waals surface area (Å²) in [5.74, 6) is 1.01. The topological polar surface area (TPSA) is 24.5 Å². The van der Waals surface area contributed by atoms with Gasteiger partial charge in [0, 0.05) is 19.1 Å². The summed E-state index contributed by atoms with van der Waals surface area (Å²) >= 11 is 0. The van der Waals surface area contributed by atoms with E-state index in [9.17, 15) is 0 Å². The van der Waals surface area contributed by atoms with Gasteiger partial charge in [-0.15, -0.1) is 0 Å². The number of nitrogens with one attached hydrogen (secondary N) is 1. The van der Waals surface area contributed by atoms with Gasteiger partial charge in [-0.2, -0.15) is 0 Å². The van der Waals surface area contributed by atoms with E-state index >= 15 is 0 Å². The summed E-state index contributed by atoms with van der Waals surface area (Å²) in [6.07, 6.45) is 3.72. The summed E-state index contributed by atoms with van der Waals surface area (Å²) in [5, 5.41) is 3.39. The van der Waals surface area contributed by atoms with Gasteiger partial charge < -0.3 is 15.0 Å². The van der Waals surface area contributed by atoms with Crippen molar-refractivity contribution in [2.45, 2.75) is 39.2 Å². The highest BCUT2D eigenvalue weighted by Gasteiger charge is 2.17. The fraction of sp³-hybridized carbons (Fsp3) is 0.647. The molecule has 20 heavy (non-hydrogen) atoms. The standard InChI is InChI=1S/C17H28N2O/c1-14-10-15(2)12-17(11-14)20-9-5-8-19-7-4-6-16(13-19)18-3/h10-12,16,18H,4-9,13H2,1-3H3. The van der Waals surface area contributed by atoms with Gasteiger partial charge in [-0.1, -0.05) is 6.07 Å². The Morgan fingerprint density at radius 3 is 2.70 bits per heavy atom. The van der Waals surface area contributed by atoms with Crippen LogP contribution < -0.4 is 10.1 Å². The molecule has 1 unspecified atom stereocenters. The van der Waals surface area contributed by atoms with Crippen molar-refractivity contribution in [3.63, 3.8) is 0 Å². The zero-order valence-electron chi connectivity index (χ0n) is 13.1. The summed E-state index contributed by atoms with van der Waals surface area (Å²) < 4.78 is 5.87. The van der Waals surface area contributed by atoms with Gasteiger partial charge in [0.15, 0.2) is 0 Å². The van der Waals surface area contributed by atoms with Gasteiger partial charge in [0.25, 0.3) is 0 Å². The fourth-order valence-electron chi connectivity index (χ4n) is 2.99. The Morgan fingerprint density at radius 2 is 2.00 bits per heavy atom. The molecule has 1 aliphatic rings. The number of hydrogen-bond donors (Lipinski definition) is 1. The van der Waals surface area contributed by atoms with Gasteiger partial charge in [0.2, 0.25) is 0 Å². The molecule has 2 rings (SSSR count). The van der Waals surface area contributed by atoms with E-state index in [-0.39, 0.29) is 0 Å². The summed E-state index contributed by atoms with van der Waals surface area (Å²) in [6.45, 7) is 8.60. The SMILES string of the molecule is CNC1CCCN(CCCOc2cc(C)cc(C)c2)C1. The molecule has 1 saturated heterocycles. The molecule has 112 valence electrons. The van der Waals surface area contributed by atoms with Crippen molar-refractivity contribution in [1.29, 1.82) is 0 Å². The first-order valence-corrected chi connectivity index (χ1v) is 7.78. The molecule has 3 heteroatoms. The molecule has 0 saturated carbocycles. The van der Waals surface area contributed by atoms with Crippen LogP contribution in [-0.4, -0.2) is 44.2 Å². The van der Waals surface area contributed by atoms with E-state index in [1.54, 1.807) is 0 Å². The lowest BCUT2D eigenvalue weighted by Gasteiger charge is -2.32. The Hall–Kier alpha value is -1.06. The van der Waals surface area contributed by atoms with E-state index in [1.807, 2.05) is 0 Å². The number of likely N-dealkylation sites (tertiary alicyclic amines) is 1. The van der Waals surface area contributed by atoms with Crippen molar-refractivity contribution < 1.29 is 4.74 Å². The van der Waals surface area contributed by atoms with E-state index in [2.05, 4.69) is 49.3 Å². The Kier molecular flexibility index (Phi) is 5.86. The highest BCUT2D eigenvalue weighted by molar-refractivity contribution is 5.32. The lowest BCUT2D eigenvalue weighted by Crippen LogP contribution is -2.44. The fourth-order valence-corrected chi connectivity index (χ4v) is 2.99. The number of hydrogen-bond acceptors (Lipinski definition) is 3. The largest absolute Gasteiger partial charge is 0.494 e. The monoisotopic (exact) mass is 276 g/mol.